The number of nitrogens with zero attached hydrogens (tertiary/aromatic N) is 3. The third-order valence-corrected chi connectivity index (χ3v) is 6.78. The van der Waals surface area contributed by atoms with Crippen LogP contribution in [0, 0.1) is 27.7 Å². The maximum atomic E-state index is 5.59. The highest BCUT2D eigenvalue weighted by Gasteiger charge is 2.25. The van der Waals surface area contributed by atoms with Crippen molar-refractivity contribution in [2.75, 3.05) is 27.3 Å². The highest BCUT2D eigenvalue weighted by atomic mass is 16.5. The summed E-state index contributed by atoms with van der Waals surface area (Å²) in [6.45, 7) is 12.2. The molecule has 32 heavy (non-hydrogen) atoms. The van der Waals surface area contributed by atoms with Crippen molar-refractivity contribution < 1.29 is 9.47 Å². The van der Waals surface area contributed by atoms with Gasteiger partial charge in [-0.1, -0.05) is 6.42 Å². The summed E-state index contributed by atoms with van der Waals surface area (Å²) in [6, 6.07) is 0.661. The van der Waals surface area contributed by atoms with Crippen molar-refractivity contribution in [2.45, 2.75) is 78.9 Å². The SMILES string of the molecule is COc1c(C)cnc(CNCCCCC2CCCN2Cc2ncc(C)c(OC)c2C)c1C. The Morgan fingerprint density at radius 1 is 0.938 bits per heavy atom. The Hall–Kier alpha value is -2.18. The zero-order chi connectivity index (χ0) is 23.1. The summed E-state index contributed by atoms with van der Waals surface area (Å²) >= 11 is 0. The molecule has 2 aromatic rings. The van der Waals surface area contributed by atoms with E-state index in [0.717, 1.165) is 59.2 Å². The van der Waals surface area contributed by atoms with Crippen LogP contribution in [0.4, 0.5) is 0 Å². The summed E-state index contributed by atoms with van der Waals surface area (Å²) in [6.07, 6.45) is 10.1. The predicted octanol–water partition coefficient (Wildman–Crippen LogP) is 4.65. The molecule has 0 radical (unpaired) electrons. The minimum Gasteiger partial charge on any atom is -0.496 e. The minimum absolute atomic E-state index is 0.661. The van der Waals surface area contributed by atoms with E-state index in [4.69, 9.17) is 14.5 Å². The number of hydrogen-bond acceptors (Lipinski definition) is 6. The highest BCUT2D eigenvalue weighted by Crippen LogP contribution is 2.28. The molecule has 6 heteroatoms. The largest absolute Gasteiger partial charge is 0.496 e. The van der Waals surface area contributed by atoms with Gasteiger partial charge < -0.3 is 14.8 Å². The van der Waals surface area contributed by atoms with E-state index in [1.165, 1.54) is 44.2 Å². The Labute approximate surface area is 193 Å². The van der Waals surface area contributed by atoms with Crippen molar-refractivity contribution in [1.82, 2.24) is 20.2 Å². The van der Waals surface area contributed by atoms with Gasteiger partial charge in [0.15, 0.2) is 0 Å². The van der Waals surface area contributed by atoms with Crippen molar-refractivity contribution in [1.29, 1.82) is 0 Å². The first-order chi connectivity index (χ1) is 15.5. The Balaban J connectivity index is 1.43. The number of pyridine rings is 2. The number of methoxy groups -OCH3 is 2. The quantitative estimate of drug-likeness (QED) is 0.513. The van der Waals surface area contributed by atoms with Crippen LogP contribution in [0.2, 0.25) is 0 Å². The molecule has 3 rings (SSSR count). The van der Waals surface area contributed by atoms with Crippen LogP contribution in [-0.4, -0.2) is 48.2 Å². The summed E-state index contributed by atoms with van der Waals surface area (Å²) in [7, 11) is 3.48. The van der Waals surface area contributed by atoms with Gasteiger partial charge in [-0.3, -0.25) is 14.9 Å². The number of rotatable bonds is 11. The lowest BCUT2D eigenvalue weighted by atomic mass is 10.1. The lowest BCUT2D eigenvalue weighted by molar-refractivity contribution is 0.227. The fourth-order valence-electron chi connectivity index (χ4n) is 4.94. The molecule has 0 aromatic carbocycles. The molecule has 1 aliphatic heterocycles. The number of likely N-dealkylation sites (tertiary alicyclic amines) is 1. The maximum absolute atomic E-state index is 5.59. The zero-order valence-corrected chi connectivity index (χ0v) is 20.8. The summed E-state index contributed by atoms with van der Waals surface area (Å²) < 4.78 is 11.1. The maximum Gasteiger partial charge on any atom is 0.128 e. The van der Waals surface area contributed by atoms with Crippen LogP contribution in [0.25, 0.3) is 0 Å². The van der Waals surface area contributed by atoms with E-state index in [2.05, 4.69) is 36.0 Å². The minimum atomic E-state index is 0.661. The molecule has 1 unspecified atom stereocenters. The molecule has 1 N–H and O–H groups in total. The van der Waals surface area contributed by atoms with E-state index < -0.39 is 0 Å². The molecular weight excluding hydrogens is 400 g/mol. The third-order valence-electron chi connectivity index (χ3n) is 6.78. The fraction of sp³-hybridized carbons (Fsp3) is 0.615. The Kier molecular flexibility index (Phi) is 8.88. The van der Waals surface area contributed by atoms with Crippen LogP contribution in [0.5, 0.6) is 11.5 Å². The fourth-order valence-corrected chi connectivity index (χ4v) is 4.94. The second-order valence-electron chi connectivity index (χ2n) is 9.03. The molecule has 1 atom stereocenters. The Morgan fingerprint density at radius 2 is 1.56 bits per heavy atom. The second-order valence-corrected chi connectivity index (χ2v) is 9.03. The lowest BCUT2D eigenvalue weighted by Crippen LogP contribution is -2.30. The van der Waals surface area contributed by atoms with Crippen molar-refractivity contribution in [3.05, 3.63) is 46.0 Å². The molecule has 176 valence electrons. The van der Waals surface area contributed by atoms with Crippen LogP contribution in [0.1, 0.15) is 65.7 Å². The number of nitrogens with one attached hydrogen (secondary N) is 1. The molecule has 2 aromatic heterocycles. The molecule has 1 aliphatic rings. The second kappa shape index (κ2) is 11.6. The van der Waals surface area contributed by atoms with Crippen molar-refractivity contribution in [2.24, 2.45) is 0 Å². The van der Waals surface area contributed by atoms with Crippen molar-refractivity contribution in [3.63, 3.8) is 0 Å². The molecule has 0 spiro atoms. The van der Waals surface area contributed by atoms with Crippen molar-refractivity contribution >= 4 is 0 Å². The van der Waals surface area contributed by atoms with Gasteiger partial charge in [-0.05, 0) is 66.5 Å². The predicted molar refractivity (Wildman–Crippen MR) is 130 cm³/mol. The van der Waals surface area contributed by atoms with E-state index in [1.807, 2.05) is 19.3 Å². The normalized spacial score (nSPS) is 16.5. The number of unbranched alkanes of at least 4 members (excludes halogenated alkanes) is 1. The molecule has 1 fully saturated rings. The summed E-state index contributed by atoms with van der Waals surface area (Å²) in [5.41, 5.74) is 6.73. The van der Waals surface area contributed by atoms with Crippen LogP contribution in [0.3, 0.4) is 0 Å². The van der Waals surface area contributed by atoms with Gasteiger partial charge in [-0.2, -0.15) is 0 Å². The number of aromatic nitrogens is 2. The molecule has 0 saturated carbocycles. The lowest BCUT2D eigenvalue weighted by Gasteiger charge is -2.25. The molecule has 0 aliphatic carbocycles. The monoisotopic (exact) mass is 440 g/mol. The van der Waals surface area contributed by atoms with Gasteiger partial charge in [0.1, 0.15) is 11.5 Å². The van der Waals surface area contributed by atoms with Gasteiger partial charge in [-0.25, -0.2) is 0 Å². The molecule has 1 saturated heterocycles. The Bertz CT molecular complexity index is 900. The van der Waals surface area contributed by atoms with E-state index in [-0.39, 0.29) is 0 Å². The first-order valence-corrected chi connectivity index (χ1v) is 11.9. The third kappa shape index (κ3) is 5.78. The van der Waals surface area contributed by atoms with Crippen molar-refractivity contribution in [3.8, 4) is 11.5 Å². The zero-order valence-electron chi connectivity index (χ0n) is 20.8. The molecule has 0 bridgehead atoms. The van der Waals surface area contributed by atoms with E-state index in [9.17, 15) is 0 Å². The van der Waals surface area contributed by atoms with Gasteiger partial charge in [0, 0.05) is 53.8 Å². The molecule has 0 amide bonds. The average molecular weight is 441 g/mol. The standard InChI is InChI=1S/C26H40N4O2/c1-18-14-28-23(20(3)25(18)31-5)16-27-12-8-7-10-22-11-9-13-30(22)17-24-21(4)26(32-6)19(2)15-29-24/h14-15,22,27H,7-13,16-17H2,1-6H3. The number of ether oxygens (including phenoxy) is 2. The molecular formula is C26H40N4O2. The van der Waals surface area contributed by atoms with Gasteiger partial charge >= 0.3 is 0 Å². The van der Waals surface area contributed by atoms with Gasteiger partial charge in [0.2, 0.25) is 0 Å². The highest BCUT2D eigenvalue weighted by molar-refractivity contribution is 5.41. The first-order valence-electron chi connectivity index (χ1n) is 11.9. The molecule has 6 nitrogen and oxygen atoms in total. The van der Waals surface area contributed by atoms with Gasteiger partial charge in [-0.15, -0.1) is 0 Å². The van der Waals surface area contributed by atoms with Crippen LogP contribution < -0.4 is 14.8 Å². The average Bonchev–Trinajstić information content (AvgIpc) is 3.21. The van der Waals surface area contributed by atoms with Gasteiger partial charge in [0.05, 0.1) is 25.6 Å². The van der Waals surface area contributed by atoms with E-state index in [1.54, 1.807) is 14.2 Å². The smallest absolute Gasteiger partial charge is 0.128 e. The van der Waals surface area contributed by atoms with E-state index >= 15 is 0 Å². The van der Waals surface area contributed by atoms with E-state index in [0.29, 0.717) is 6.04 Å². The Morgan fingerprint density at radius 3 is 2.22 bits per heavy atom. The molecule has 3 heterocycles. The van der Waals surface area contributed by atoms with Crippen LogP contribution in [-0.2, 0) is 13.1 Å². The number of hydrogen-bond donors (Lipinski definition) is 1. The first kappa shape index (κ1) is 24.5. The topological polar surface area (TPSA) is 59.5 Å². The van der Waals surface area contributed by atoms with Gasteiger partial charge in [0.25, 0.3) is 0 Å². The van der Waals surface area contributed by atoms with Crippen LogP contribution >= 0.6 is 0 Å². The number of aryl methyl sites for hydroxylation is 2. The summed E-state index contributed by atoms with van der Waals surface area (Å²) in [5.74, 6) is 1.93. The summed E-state index contributed by atoms with van der Waals surface area (Å²) in [5, 5.41) is 3.56. The van der Waals surface area contributed by atoms with Crippen LogP contribution in [0.15, 0.2) is 12.4 Å². The summed E-state index contributed by atoms with van der Waals surface area (Å²) in [4.78, 5) is 11.9.